The summed E-state index contributed by atoms with van der Waals surface area (Å²) in [6, 6.07) is 24.4. The summed E-state index contributed by atoms with van der Waals surface area (Å²) in [5, 5.41) is 3.87. The number of anilines is 1. The van der Waals surface area contributed by atoms with Crippen LogP contribution in [0.25, 0.3) is 10.9 Å². The van der Waals surface area contributed by atoms with Crippen LogP contribution >= 0.6 is 11.8 Å². The van der Waals surface area contributed by atoms with Crippen LogP contribution in [-0.4, -0.2) is 16.2 Å². The zero-order chi connectivity index (χ0) is 19.3. The predicted molar refractivity (Wildman–Crippen MR) is 113 cm³/mol. The van der Waals surface area contributed by atoms with Crippen molar-refractivity contribution >= 4 is 34.3 Å². The van der Waals surface area contributed by atoms with Gasteiger partial charge in [0.2, 0.25) is 5.91 Å². The predicted octanol–water partition coefficient (Wildman–Crippen LogP) is 5.56. The number of fused-ring (bicyclic) bond motifs is 1. The van der Waals surface area contributed by atoms with Crippen LogP contribution in [0.3, 0.4) is 0 Å². The van der Waals surface area contributed by atoms with Gasteiger partial charge < -0.3 is 9.88 Å². The molecule has 28 heavy (non-hydrogen) atoms. The average molecular weight is 390 g/mol. The second kappa shape index (κ2) is 8.31. The normalized spacial score (nSPS) is 10.9. The Morgan fingerprint density at radius 1 is 0.964 bits per heavy atom. The Hall–Kier alpha value is -3.05. The zero-order valence-electron chi connectivity index (χ0n) is 15.1. The number of nitrogens with zero attached hydrogens (tertiary/aromatic N) is 1. The van der Waals surface area contributed by atoms with Crippen LogP contribution in [0, 0.1) is 5.82 Å². The van der Waals surface area contributed by atoms with Crippen LogP contribution in [0.15, 0.2) is 90.0 Å². The van der Waals surface area contributed by atoms with Crippen molar-refractivity contribution in [2.24, 2.45) is 0 Å². The molecule has 0 atom stereocenters. The average Bonchev–Trinajstić information content (AvgIpc) is 3.05. The molecule has 0 aliphatic heterocycles. The molecule has 0 spiro atoms. The van der Waals surface area contributed by atoms with E-state index in [-0.39, 0.29) is 17.5 Å². The summed E-state index contributed by atoms with van der Waals surface area (Å²) in [7, 11) is 0. The number of rotatable bonds is 6. The van der Waals surface area contributed by atoms with Crippen LogP contribution in [0.4, 0.5) is 10.1 Å². The summed E-state index contributed by atoms with van der Waals surface area (Å²) in [6.07, 6.45) is 2.10. The molecule has 1 heterocycles. The Labute approximate surface area is 167 Å². The van der Waals surface area contributed by atoms with Crippen molar-refractivity contribution in [2.75, 3.05) is 11.1 Å². The molecule has 0 aliphatic carbocycles. The minimum Gasteiger partial charge on any atom is -0.342 e. The maximum absolute atomic E-state index is 13.3. The molecule has 0 bridgehead atoms. The second-order valence-electron chi connectivity index (χ2n) is 6.47. The van der Waals surface area contributed by atoms with Gasteiger partial charge in [0.25, 0.3) is 0 Å². The Morgan fingerprint density at radius 3 is 2.57 bits per heavy atom. The standard InChI is InChI=1S/C23H19FN2OS/c24-18-9-6-10-19(13-18)25-23(27)16-28-22-15-26(14-17-7-2-1-3-8-17)21-12-5-4-11-20(21)22/h1-13,15H,14,16H2,(H,25,27). The summed E-state index contributed by atoms with van der Waals surface area (Å²) < 4.78 is 15.5. The molecule has 3 aromatic carbocycles. The van der Waals surface area contributed by atoms with Gasteiger partial charge in [0.05, 0.1) is 5.75 Å². The third-order valence-electron chi connectivity index (χ3n) is 4.41. The molecule has 0 fully saturated rings. The molecule has 1 amide bonds. The van der Waals surface area contributed by atoms with Crippen LogP contribution in [-0.2, 0) is 11.3 Å². The molecule has 1 N–H and O–H groups in total. The topological polar surface area (TPSA) is 34.0 Å². The van der Waals surface area contributed by atoms with Crippen molar-refractivity contribution in [2.45, 2.75) is 11.4 Å². The first kappa shape index (κ1) is 18.3. The maximum Gasteiger partial charge on any atom is 0.234 e. The highest BCUT2D eigenvalue weighted by atomic mass is 32.2. The lowest BCUT2D eigenvalue weighted by Gasteiger charge is -2.05. The number of nitrogens with one attached hydrogen (secondary N) is 1. The molecule has 1 aromatic heterocycles. The van der Waals surface area contributed by atoms with Gasteiger partial charge in [0, 0.05) is 34.2 Å². The molecule has 0 saturated carbocycles. The molecule has 140 valence electrons. The Morgan fingerprint density at radius 2 is 1.75 bits per heavy atom. The van der Waals surface area contributed by atoms with E-state index in [1.807, 2.05) is 30.3 Å². The summed E-state index contributed by atoms with van der Waals surface area (Å²) >= 11 is 1.49. The Kier molecular flexibility index (Phi) is 5.44. The van der Waals surface area contributed by atoms with Crippen molar-refractivity contribution in [1.29, 1.82) is 0 Å². The minimum atomic E-state index is -0.366. The number of hydrogen-bond acceptors (Lipinski definition) is 2. The number of benzene rings is 3. The number of thioether (sulfide) groups is 1. The molecular formula is C23H19FN2OS. The Bertz CT molecular complexity index is 1110. The smallest absolute Gasteiger partial charge is 0.234 e. The first-order valence-electron chi connectivity index (χ1n) is 8.99. The summed E-state index contributed by atoms with van der Waals surface area (Å²) in [6.45, 7) is 0.775. The maximum atomic E-state index is 13.3. The van der Waals surface area contributed by atoms with Gasteiger partial charge in [-0.3, -0.25) is 4.79 Å². The van der Waals surface area contributed by atoms with Crippen molar-refractivity contribution < 1.29 is 9.18 Å². The highest BCUT2D eigenvalue weighted by Gasteiger charge is 2.11. The lowest BCUT2D eigenvalue weighted by Crippen LogP contribution is -2.13. The van der Waals surface area contributed by atoms with Gasteiger partial charge >= 0.3 is 0 Å². The van der Waals surface area contributed by atoms with Gasteiger partial charge in [0.1, 0.15) is 5.82 Å². The van der Waals surface area contributed by atoms with Crippen molar-refractivity contribution in [3.05, 3.63) is 96.4 Å². The molecule has 4 rings (SSSR count). The lowest BCUT2D eigenvalue weighted by molar-refractivity contribution is -0.113. The fourth-order valence-electron chi connectivity index (χ4n) is 3.15. The van der Waals surface area contributed by atoms with E-state index in [2.05, 4.69) is 40.3 Å². The van der Waals surface area contributed by atoms with E-state index in [0.717, 1.165) is 22.3 Å². The first-order valence-corrected chi connectivity index (χ1v) is 9.97. The summed E-state index contributed by atoms with van der Waals surface area (Å²) in [5.74, 6) is -0.263. The SMILES string of the molecule is O=C(CSc1cn(Cc2ccccc2)c2ccccc12)Nc1cccc(F)c1. The van der Waals surface area contributed by atoms with E-state index in [1.54, 1.807) is 12.1 Å². The molecule has 0 radical (unpaired) electrons. The fourth-order valence-corrected chi connectivity index (χ4v) is 4.03. The number of aromatic nitrogens is 1. The van der Waals surface area contributed by atoms with Crippen LogP contribution in [0.5, 0.6) is 0 Å². The second-order valence-corrected chi connectivity index (χ2v) is 7.49. The van der Waals surface area contributed by atoms with E-state index in [1.165, 1.54) is 29.5 Å². The van der Waals surface area contributed by atoms with Gasteiger partial charge in [-0.1, -0.05) is 54.6 Å². The number of para-hydroxylation sites is 1. The van der Waals surface area contributed by atoms with E-state index in [4.69, 9.17) is 0 Å². The molecule has 0 unspecified atom stereocenters. The van der Waals surface area contributed by atoms with Crippen molar-refractivity contribution in [3.8, 4) is 0 Å². The molecule has 4 aromatic rings. The van der Waals surface area contributed by atoms with Gasteiger partial charge in [-0.05, 0) is 29.8 Å². The third-order valence-corrected chi connectivity index (χ3v) is 5.46. The van der Waals surface area contributed by atoms with Gasteiger partial charge in [-0.25, -0.2) is 4.39 Å². The molecule has 0 aliphatic rings. The molecule has 3 nitrogen and oxygen atoms in total. The van der Waals surface area contributed by atoms with Crippen LogP contribution in [0.1, 0.15) is 5.56 Å². The van der Waals surface area contributed by atoms with Crippen molar-refractivity contribution in [3.63, 3.8) is 0 Å². The fraction of sp³-hybridized carbons (Fsp3) is 0.0870. The van der Waals surface area contributed by atoms with Crippen LogP contribution < -0.4 is 5.32 Å². The number of carbonyl (C=O) groups excluding carboxylic acids is 1. The summed E-state index contributed by atoms with van der Waals surface area (Å²) in [4.78, 5) is 13.3. The van der Waals surface area contributed by atoms with E-state index < -0.39 is 0 Å². The Balaban J connectivity index is 1.50. The van der Waals surface area contributed by atoms with Gasteiger partial charge in [-0.15, -0.1) is 11.8 Å². The number of hydrogen-bond donors (Lipinski definition) is 1. The third kappa shape index (κ3) is 4.26. The van der Waals surface area contributed by atoms with E-state index in [0.29, 0.717) is 5.69 Å². The van der Waals surface area contributed by atoms with Gasteiger partial charge in [-0.2, -0.15) is 0 Å². The monoisotopic (exact) mass is 390 g/mol. The van der Waals surface area contributed by atoms with Crippen LogP contribution in [0.2, 0.25) is 0 Å². The number of amides is 1. The van der Waals surface area contributed by atoms with Crippen molar-refractivity contribution in [1.82, 2.24) is 4.57 Å². The lowest BCUT2D eigenvalue weighted by atomic mass is 10.2. The molecule has 5 heteroatoms. The van der Waals surface area contributed by atoms with E-state index >= 15 is 0 Å². The quantitative estimate of drug-likeness (QED) is 0.437. The number of halogens is 1. The first-order chi connectivity index (χ1) is 13.7. The molecular weight excluding hydrogens is 371 g/mol. The minimum absolute atomic E-state index is 0.157. The zero-order valence-corrected chi connectivity index (χ0v) is 16.0. The molecule has 0 saturated heterocycles. The summed E-state index contributed by atoms with van der Waals surface area (Å²) in [5.41, 5.74) is 2.83. The number of carbonyl (C=O) groups is 1. The highest BCUT2D eigenvalue weighted by molar-refractivity contribution is 8.00. The largest absolute Gasteiger partial charge is 0.342 e. The van der Waals surface area contributed by atoms with Gasteiger partial charge in [0.15, 0.2) is 0 Å². The highest BCUT2D eigenvalue weighted by Crippen LogP contribution is 2.30. The van der Waals surface area contributed by atoms with E-state index in [9.17, 15) is 9.18 Å².